The lowest BCUT2D eigenvalue weighted by Gasteiger charge is -2.01. The second-order valence-corrected chi connectivity index (χ2v) is 5.28. The summed E-state index contributed by atoms with van der Waals surface area (Å²) >= 11 is 0. The van der Waals surface area contributed by atoms with Crippen LogP contribution in [-0.2, 0) is 10.0 Å². The number of benzene rings is 1. The first-order chi connectivity index (χ1) is 8.65. The normalized spacial score (nSPS) is 11.8. The summed E-state index contributed by atoms with van der Waals surface area (Å²) in [6.07, 6.45) is 1.37. The van der Waals surface area contributed by atoms with Crippen LogP contribution >= 0.6 is 0 Å². The van der Waals surface area contributed by atoms with Crippen molar-refractivity contribution in [1.82, 2.24) is 20.2 Å². The van der Waals surface area contributed by atoms with Crippen LogP contribution in [0.2, 0.25) is 0 Å². The molecule has 0 aliphatic heterocycles. The van der Waals surface area contributed by atoms with Gasteiger partial charge in [-0.1, -0.05) is 12.1 Å². The van der Waals surface area contributed by atoms with Crippen molar-refractivity contribution in [2.24, 2.45) is 0 Å². The van der Waals surface area contributed by atoms with Gasteiger partial charge in [0.1, 0.15) is 0 Å². The number of hydrogen-bond acceptors (Lipinski definition) is 4. The minimum Gasteiger partial charge on any atom is -0.323 e. The fourth-order valence-corrected chi connectivity index (χ4v) is 2.45. The first kappa shape index (κ1) is 10.8. The summed E-state index contributed by atoms with van der Waals surface area (Å²) in [4.78, 5) is 7.01. The Hall–Kier alpha value is -2.35. The number of imidazole rings is 1. The largest absolute Gasteiger partial charge is 0.323 e. The first-order valence-corrected chi connectivity index (χ1v) is 6.60. The van der Waals surface area contributed by atoms with Gasteiger partial charge in [0.2, 0.25) is 5.95 Å². The zero-order chi connectivity index (χ0) is 12.6. The maximum absolute atomic E-state index is 11.9. The molecular weight excluding hydrogens is 254 g/mol. The molecule has 7 nitrogen and oxygen atoms in total. The molecule has 0 aliphatic rings. The quantitative estimate of drug-likeness (QED) is 0.658. The summed E-state index contributed by atoms with van der Waals surface area (Å²) in [5, 5.41) is 5.98. The van der Waals surface area contributed by atoms with Gasteiger partial charge in [-0.3, -0.25) is 5.10 Å². The first-order valence-electron chi connectivity index (χ1n) is 5.12. The molecule has 0 saturated heterocycles. The molecule has 0 aliphatic carbocycles. The van der Waals surface area contributed by atoms with E-state index < -0.39 is 10.0 Å². The Morgan fingerprint density at radius 3 is 2.72 bits per heavy atom. The van der Waals surface area contributed by atoms with E-state index in [9.17, 15) is 8.42 Å². The fourth-order valence-electron chi connectivity index (χ4n) is 1.58. The van der Waals surface area contributed by atoms with Gasteiger partial charge < -0.3 is 4.98 Å². The number of sulfonamides is 1. The highest BCUT2D eigenvalue weighted by atomic mass is 32.2. The Labute approximate surface area is 102 Å². The highest BCUT2D eigenvalue weighted by Crippen LogP contribution is 2.16. The summed E-state index contributed by atoms with van der Waals surface area (Å²) in [6, 6.07) is 8.64. The summed E-state index contributed by atoms with van der Waals surface area (Å²) < 4.78 is 26.1. The molecule has 18 heavy (non-hydrogen) atoms. The molecule has 0 saturated carbocycles. The van der Waals surface area contributed by atoms with Crippen LogP contribution in [0.5, 0.6) is 0 Å². The number of para-hydroxylation sites is 2. The molecule has 0 unspecified atom stereocenters. The zero-order valence-corrected chi connectivity index (χ0v) is 9.90. The second kappa shape index (κ2) is 3.84. The predicted molar refractivity (Wildman–Crippen MR) is 65.5 cm³/mol. The van der Waals surface area contributed by atoms with E-state index in [4.69, 9.17) is 0 Å². The van der Waals surface area contributed by atoms with Gasteiger partial charge in [-0.05, 0) is 18.2 Å². The van der Waals surface area contributed by atoms with Crippen LogP contribution in [0.3, 0.4) is 0 Å². The minimum atomic E-state index is -3.68. The molecule has 0 bridgehead atoms. The topological polar surface area (TPSA) is 104 Å². The Kier molecular flexibility index (Phi) is 2.30. The molecule has 1 aromatic carbocycles. The molecule has 8 heteroatoms. The number of H-pyrrole nitrogens is 2. The number of hydrogen-bond donors (Lipinski definition) is 3. The standard InChI is InChI=1S/C10H9N5O2S/c16-18(17,9-5-6-11-14-9)15-10-12-7-3-1-2-4-8(7)13-10/h1-6H,(H,11,14)(H2,12,13,15). The molecule has 0 amide bonds. The summed E-state index contributed by atoms with van der Waals surface area (Å²) in [5.74, 6) is 0.172. The molecule has 0 radical (unpaired) electrons. The molecule has 2 heterocycles. The van der Waals surface area contributed by atoms with Crippen molar-refractivity contribution in [2.75, 3.05) is 4.72 Å². The van der Waals surface area contributed by atoms with Crippen molar-refractivity contribution >= 4 is 27.0 Å². The van der Waals surface area contributed by atoms with Crippen molar-refractivity contribution < 1.29 is 8.42 Å². The summed E-state index contributed by atoms with van der Waals surface area (Å²) in [6.45, 7) is 0. The van der Waals surface area contributed by atoms with Crippen molar-refractivity contribution in [3.8, 4) is 0 Å². The third-order valence-corrected chi connectivity index (χ3v) is 3.65. The molecule has 0 spiro atoms. The maximum atomic E-state index is 11.9. The lowest BCUT2D eigenvalue weighted by molar-refractivity contribution is 0.597. The van der Waals surface area contributed by atoms with Gasteiger partial charge in [-0.15, -0.1) is 0 Å². The van der Waals surface area contributed by atoms with E-state index in [0.29, 0.717) is 5.52 Å². The number of nitrogens with one attached hydrogen (secondary N) is 3. The lowest BCUT2D eigenvalue weighted by Crippen LogP contribution is -2.14. The van der Waals surface area contributed by atoms with Crippen molar-refractivity contribution in [3.05, 3.63) is 36.5 Å². The molecule has 3 aromatic rings. The predicted octanol–water partition coefficient (Wildman–Crippen LogP) is 1.09. The third-order valence-electron chi connectivity index (χ3n) is 2.39. The van der Waals surface area contributed by atoms with Gasteiger partial charge in [0, 0.05) is 0 Å². The van der Waals surface area contributed by atoms with Crippen LogP contribution in [0.4, 0.5) is 5.95 Å². The smallest absolute Gasteiger partial charge is 0.281 e. The van der Waals surface area contributed by atoms with Crippen LogP contribution in [0.15, 0.2) is 41.6 Å². The van der Waals surface area contributed by atoms with E-state index >= 15 is 0 Å². The molecule has 2 aromatic heterocycles. The van der Waals surface area contributed by atoms with E-state index in [1.54, 1.807) is 6.07 Å². The lowest BCUT2D eigenvalue weighted by atomic mass is 10.3. The van der Waals surface area contributed by atoms with E-state index in [0.717, 1.165) is 5.52 Å². The van der Waals surface area contributed by atoms with Crippen molar-refractivity contribution in [2.45, 2.75) is 5.03 Å². The van der Waals surface area contributed by atoms with Gasteiger partial charge in [-0.25, -0.2) is 9.71 Å². The molecule has 3 N–H and O–H groups in total. The van der Waals surface area contributed by atoms with Crippen LogP contribution in [0.1, 0.15) is 0 Å². The maximum Gasteiger partial charge on any atom is 0.281 e. The number of anilines is 1. The van der Waals surface area contributed by atoms with Gasteiger partial charge in [0.25, 0.3) is 10.0 Å². The number of nitrogens with zero attached hydrogens (tertiary/aromatic N) is 2. The number of fused-ring (bicyclic) bond motifs is 1. The number of aromatic nitrogens is 4. The number of rotatable bonds is 3. The van der Waals surface area contributed by atoms with Crippen molar-refractivity contribution in [3.63, 3.8) is 0 Å². The summed E-state index contributed by atoms with van der Waals surface area (Å²) in [7, 11) is -3.68. The monoisotopic (exact) mass is 263 g/mol. The third kappa shape index (κ3) is 1.82. The Balaban J connectivity index is 1.97. The van der Waals surface area contributed by atoms with Gasteiger partial charge in [-0.2, -0.15) is 13.5 Å². The molecule has 0 atom stereocenters. The second-order valence-electron chi connectivity index (χ2n) is 3.63. The molecule has 3 rings (SSSR count). The highest BCUT2D eigenvalue weighted by molar-refractivity contribution is 7.92. The fraction of sp³-hybridized carbons (Fsp3) is 0. The number of aromatic amines is 2. The average Bonchev–Trinajstić information content (AvgIpc) is 2.96. The summed E-state index contributed by atoms with van der Waals surface area (Å²) in [5.41, 5.74) is 1.46. The molecule has 0 fully saturated rings. The van der Waals surface area contributed by atoms with Gasteiger partial charge in [0.05, 0.1) is 17.2 Å². The van der Waals surface area contributed by atoms with E-state index in [1.165, 1.54) is 12.3 Å². The van der Waals surface area contributed by atoms with Crippen LogP contribution < -0.4 is 4.72 Å². The van der Waals surface area contributed by atoms with Crippen molar-refractivity contribution in [1.29, 1.82) is 0 Å². The van der Waals surface area contributed by atoms with Crippen LogP contribution in [0.25, 0.3) is 11.0 Å². The van der Waals surface area contributed by atoms with Crippen LogP contribution in [0, 0.1) is 0 Å². The molecular formula is C10H9N5O2S. The van der Waals surface area contributed by atoms with Gasteiger partial charge >= 0.3 is 0 Å². The average molecular weight is 263 g/mol. The van der Waals surface area contributed by atoms with Crippen LogP contribution in [-0.4, -0.2) is 28.6 Å². The van der Waals surface area contributed by atoms with E-state index in [1.807, 2.05) is 18.2 Å². The van der Waals surface area contributed by atoms with Gasteiger partial charge in [0.15, 0.2) is 5.03 Å². The van der Waals surface area contributed by atoms with E-state index in [2.05, 4.69) is 24.9 Å². The Morgan fingerprint density at radius 2 is 2.00 bits per heavy atom. The Morgan fingerprint density at radius 1 is 1.17 bits per heavy atom. The minimum absolute atomic E-state index is 0.0112. The zero-order valence-electron chi connectivity index (χ0n) is 9.08. The molecule has 92 valence electrons. The highest BCUT2D eigenvalue weighted by Gasteiger charge is 2.17. The Bertz CT molecular complexity index is 743. The van der Waals surface area contributed by atoms with E-state index in [-0.39, 0.29) is 11.0 Å². The SMILES string of the molecule is O=S(=O)(Nc1nc2ccccc2[nH]1)c1ccn[nH]1.